The van der Waals surface area contributed by atoms with Crippen molar-refractivity contribution in [2.24, 2.45) is 0 Å². The Bertz CT molecular complexity index is 1750. The van der Waals surface area contributed by atoms with Crippen LogP contribution in [0.2, 0.25) is 0 Å². The molecule has 0 spiro atoms. The molecular weight excluding hydrogens is 1060 g/mol. The molecule has 1 amide bonds. The molecule has 0 bridgehead atoms. The third-order valence-corrected chi connectivity index (χ3v) is 16.0. The van der Waals surface area contributed by atoms with Gasteiger partial charge in [0.2, 0.25) is 5.91 Å². The second kappa shape index (κ2) is 60.8. The standard InChI is InChI=1S/C74H129NO10/c1-4-7-10-13-16-19-22-24-26-28-30-31-32-33-34-35-36-38-39-41-43-46-49-52-55-58-61-67(78)73(82)75-65(66(77)60-57-54-51-48-45-21-18-15-12-9-6-3)64-83-74-72(71(81)70(80)68(63-76)84-74)85-69(79)62-59-56-53-50-47-44-42-40-37-29-27-25-23-20-17-14-11-8-5-2/h7,10,16-17,19-20,24-27,30-31,33-34,57,60,65-68,70-72,74,76-78,80-81H,4-6,8-9,11-15,18,21-23,28-29,32,35-56,58-59,61-64H2,1-3H3,(H,75,82)/b10-7-,19-16-,20-17-,26-24-,27-25-,31-30-,34-33-,60-57+. The van der Waals surface area contributed by atoms with Gasteiger partial charge in [0.1, 0.15) is 24.4 Å². The van der Waals surface area contributed by atoms with E-state index in [0.29, 0.717) is 12.8 Å². The fourth-order valence-electron chi connectivity index (χ4n) is 10.5. The van der Waals surface area contributed by atoms with Crippen molar-refractivity contribution in [3.05, 3.63) is 97.2 Å². The number of esters is 1. The van der Waals surface area contributed by atoms with Crippen molar-refractivity contribution in [1.29, 1.82) is 0 Å². The normalized spacial score (nSPS) is 19.0. The van der Waals surface area contributed by atoms with Crippen LogP contribution in [0.1, 0.15) is 297 Å². The summed E-state index contributed by atoms with van der Waals surface area (Å²) in [5.74, 6) is -1.20. The minimum atomic E-state index is -1.62. The van der Waals surface area contributed by atoms with Crippen LogP contribution in [0, 0.1) is 0 Å². The summed E-state index contributed by atoms with van der Waals surface area (Å²) in [6.07, 6.45) is 71.6. The highest BCUT2D eigenvalue weighted by molar-refractivity contribution is 5.80. The molecule has 0 aromatic carbocycles. The summed E-state index contributed by atoms with van der Waals surface area (Å²) in [7, 11) is 0. The molecule has 0 radical (unpaired) electrons. The Labute approximate surface area is 520 Å². The second-order valence-corrected chi connectivity index (χ2v) is 23.9. The molecule has 1 saturated heterocycles. The van der Waals surface area contributed by atoms with E-state index >= 15 is 0 Å². The van der Waals surface area contributed by atoms with Crippen LogP contribution in [0.3, 0.4) is 0 Å². The van der Waals surface area contributed by atoms with Crippen molar-refractivity contribution in [2.75, 3.05) is 13.2 Å². The first kappa shape index (κ1) is 79.6. The van der Waals surface area contributed by atoms with E-state index in [0.717, 1.165) is 116 Å². The van der Waals surface area contributed by atoms with Crippen LogP contribution in [0.15, 0.2) is 97.2 Å². The van der Waals surface area contributed by atoms with E-state index in [2.05, 4.69) is 111 Å². The van der Waals surface area contributed by atoms with Crippen molar-refractivity contribution in [1.82, 2.24) is 5.32 Å². The van der Waals surface area contributed by atoms with Gasteiger partial charge in [-0.3, -0.25) is 9.59 Å². The highest BCUT2D eigenvalue weighted by Crippen LogP contribution is 2.26. The summed E-state index contributed by atoms with van der Waals surface area (Å²) in [4.78, 5) is 26.7. The first-order valence-corrected chi connectivity index (χ1v) is 35.0. The molecule has 11 nitrogen and oxygen atoms in total. The van der Waals surface area contributed by atoms with E-state index < -0.39 is 67.4 Å². The Hall–Kier alpha value is -3.42. The van der Waals surface area contributed by atoms with Gasteiger partial charge in [-0.2, -0.15) is 0 Å². The number of unbranched alkanes of at least 4 members (excludes halogenated alkanes) is 31. The van der Waals surface area contributed by atoms with E-state index in [1.165, 1.54) is 135 Å². The molecule has 6 N–H and O–H groups in total. The smallest absolute Gasteiger partial charge is 0.306 e. The third kappa shape index (κ3) is 48.2. The Balaban J connectivity index is 2.57. The Morgan fingerprint density at radius 1 is 0.471 bits per heavy atom. The Morgan fingerprint density at radius 2 is 0.847 bits per heavy atom. The molecule has 1 heterocycles. The zero-order valence-corrected chi connectivity index (χ0v) is 54.5. The molecule has 0 aliphatic carbocycles. The van der Waals surface area contributed by atoms with Crippen LogP contribution in [0.25, 0.3) is 0 Å². The fourth-order valence-corrected chi connectivity index (χ4v) is 10.5. The third-order valence-electron chi connectivity index (χ3n) is 16.0. The number of allylic oxidation sites excluding steroid dienone is 15. The maximum atomic E-state index is 13.5. The van der Waals surface area contributed by atoms with E-state index in [4.69, 9.17) is 14.2 Å². The Kier molecular flexibility index (Phi) is 57.0. The van der Waals surface area contributed by atoms with Crippen LogP contribution in [0.5, 0.6) is 0 Å². The van der Waals surface area contributed by atoms with Gasteiger partial charge in [0, 0.05) is 6.42 Å². The lowest BCUT2D eigenvalue weighted by Gasteiger charge is -2.41. The number of hydrogen-bond acceptors (Lipinski definition) is 10. The molecule has 1 aliphatic heterocycles. The van der Waals surface area contributed by atoms with Crippen molar-refractivity contribution in [2.45, 2.75) is 346 Å². The van der Waals surface area contributed by atoms with E-state index in [1.54, 1.807) is 6.08 Å². The topological polar surface area (TPSA) is 175 Å². The van der Waals surface area contributed by atoms with Gasteiger partial charge < -0.3 is 45.1 Å². The molecule has 0 saturated carbocycles. The zero-order chi connectivity index (χ0) is 61.7. The van der Waals surface area contributed by atoms with E-state index in [-0.39, 0.29) is 19.4 Å². The minimum Gasteiger partial charge on any atom is -0.454 e. The fraction of sp³-hybridized carbons (Fsp3) is 0.757. The van der Waals surface area contributed by atoms with Gasteiger partial charge >= 0.3 is 5.97 Å². The summed E-state index contributed by atoms with van der Waals surface area (Å²) in [6.45, 7) is 5.66. The monoisotopic (exact) mass is 1190 g/mol. The van der Waals surface area contributed by atoms with Crippen molar-refractivity contribution in [3.8, 4) is 0 Å². The van der Waals surface area contributed by atoms with Crippen LogP contribution in [-0.2, 0) is 23.8 Å². The minimum absolute atomic E-state index is 0.116. The highest BCUT2D eigenvalue weighted by Gasteiger charge is 2.47. The first-order valence-electron chi connectivity index (χ1n) is 35.0. The molecule has 490 valence electrons. The zero-order valence-electron chi connectivity index (χ0n) is 54.5. The average molecular weight is 1190 g/mol. The number of hydrogen-bond donors (Lipinski definition) is 6. The lowest BCUT2D eigenvalue weighted by molar-refractivity contribution is -0.305. The van der Waals surface area contributed by atoms with E-state index in [9.17, 15) is 35.1 Å². The summed E-state index contributed by atoms with van der Waals surface area (Å²) < 4.78 is 17.7. The van der Waals surface area contributed by atoms with Crippen molar-refractivity contribution < 1.29 is 49.3 Å². The SMILES string of the molecule is CC/C=C\C/C=C\C/C=C\C/C=C\C/C=C\CCCCCCCCCCCCC(O)C(=O)NC(COC1OC(CO)C(O)C(O)C1OC(=O)CCCCCCCCCCC/C=C\C/C=C\CCCCC)C(O)/C=C/CCCCCCCCCCC. The molecule has 8 atom stereocenters. The molecule has 85 heavy (non-hydrogen) atoms. The largest absolute Gasteiger partial charge is 0.454 e. The predicted octanol–water partition coefficient (Wildman–Crippen LogP) is 17.8. The summed E-state index contributed by atoms with van der Waals surface area (Å²) in [5.41, 5.74) is 0. The lowest BCUT2D eigenvalue weighted by atomic mass is 9.99. The quantitative estimate of drug-likeness (QED) is 0.0195. The lowest BCUT2D eigenvalue weighted by Crippen LogP contribution is -2.61. The molecular formula is C74H129NO10. The van der Waals surface area contributed by atoms with Crippen LogP contribution in [0.4, 0.5) is 0 Å². The van der Waals surface area contributed by atoms with Gasteiger partial charge in [-0.1, -0.05) is 285 Å². The number of carbonyl (C=O) groups excluding carboxylic acids is 2. The summed E-state index contributed by atoms with van der Waals surface area (Å²) in [6, 6.07) is -1.03. The number of amides is 1. The summed E-state index contributed by atoms with van der Waals surface area (Å²) in [5, 5.41) is 57.2. The molecule has 11 heteroatoms. The number of ether oxygens (including phenoxy) is 3. The van der Waals surface area contributed by atoms with Crippen LogP contribution in [-0.4, -0.2) is 99.6 Å². The van der Waals surface area contributed by atoms with Gasteiger partial charge in [0.25, 0.3) is 0 Å². The molecule has 1 rings (SSSR count). The molecule has 0 aromatic rings. The van der Waals surface area contributed by atoms with Gasteiger partial charge in [0.15, 0.2) is 12.4 Å². The van der Waals surface area contributed by atoms with Crippen LogP contribution >= 0.6 is 0 Å². The number of carbonyl (C=O) groups is 2. The number of rotatable bonds is 59. The number of aliphatic hydroxyl groups excluding tert-OH is 5. The summed E-state index contributed by atoms with van der Waals surface area (Å²) >= 11 is 0. The number of aliphatic hydroxyl groups is 5. The van der Waals surface area contributed by atoms with Crippen LogP contribution < -0.4 is 5.32 Å². The molecule has 0 aromatic heterocycles. The van der Waals surface area contributed by atoms with Gasteiger partial charge in [-0.15, -0.1) is 0 Å². The van der Waals surface area contributed by atoms with Gasteiger partial charge in [-0.05, 0) is 103 Å². The van der Waals surface area contributed by atoms with Gasteiger partial charge in [0.05, 0.1) is 25.4 Å². The molecule has 8 unspecified atom stereocenters. The van der Waals surface area contributed by atoms with E-state index in [1.807, 2.05) is 6.08 Å². The second-order valence-electron chi connectivity index (χ2n) is 23.9. The van der Waals surface area contributed by atoms with Gasteiger partial charge in [-0.25, -0.2) is 0 Å². The highest BCUT2D eigenvalue weighted by atomic mass is 16.7. The van der Waals surface area contributed by atoms with Crippen molar-refractivity contribution in [3.63, 3.8) is 0 Å². The van der Waals surface area contributed by atoms with Crippen molar-refractivity contribution >= 4 is 11.9 Å². The molecule has 1 aliphatic rings. The first-order chi connectivity index (χ1) is 41.7. The average Bonchev–Trinajstić information content (AvgIpc) is 3.59. The maximum Gasteiger partial charge on any atom is 0.306 e. The number of nitrogens with one attached hydrogen (secondary N) is 1. The Morgan fingerprint density at radius 3 is 1.29 bits per heavy atom. The predicted molar refractivity (Wildman–Crippen MR) is 356 cm³/mol. The molecule has 1 fully saturated rings. The maximum absolute atomic E-state index is 13.5.